The molecule has 4 rings (SSSR count). The standard InChI is InChI=1S/C15H18N2OS2/c1-2-6-12-11(5-1)13-14(16-9-17-15(13)20-12)19-8-10-4-3-7-18-10/h9-10H,1-8H2. The van der Waals surface area contributed by atoms with Gasteiger partial charge in [0.15, 0.2) is 0 Å². The lowest BCUT2D eigenvalue weighted by Gasteiger charge is -2.12. The van der Waals surface area contributed by atoms with Crippen molar-refractivity contribution < 1.29 is 4.74 Å². The van der Waals surface area contributed by atoms with E-state index in [0.717, 1.165) is 12.4 Å². The summed E-state index contributed by atoms with van der Waals surface area (Å²) in [5.74, 6) is 1.02. The summed E-state index contributed by atoms with van der Waals surface area (Å²) >= 11 is 3.73. The zero-order valence-electron chi connectivity index (χ0n) is 11.4. The molecule has 3 nitrogen and oxygen atoms in total. The second kappa shape index (κ2) is 5.62. The molecule has 0 spiro atoms. The van der Waals surface area contributed by atoms with E-state index in [1.54, 1.807) is 11.2 Å². The van der Waals surface area contributed by atoms with E-state index in [2.05, 4.69) is 9.97 Å². The molecular weight excluding hydrogens is 288 g/mol. The Hall–Kier alpha value is -0.650. The lowest BCUT2D eigenvalue weighted by molar-refractivity contribution is 0.129. The van der Waals surface area contributed by atoms with Gasteiger partial charge in [0.05, 0.1) is 6.10 Å². The molecule has 3 heterocycles. The number of ether oxygens (including phenoxy) is 1. The molecule has 1 aliphatic heterocycles. The molecule has 0 radical (unpaired) electrons. The van der Waals surface area contributed by atoms with Gasteiger partial charge in [-0.2, -0.15) is 0 Å². The Morgan fingerprint density at radius 2 is 2.20 bits per heavy atom. The highest BCUT2D eigenvalue weighted by molar-refractivity contribution is 7.99. The monoisotopic (exact) mass is 306 g/mol. The Morgan fingerprint density at radius 3 is 3.10 bits per heavy atom. The van der Waals surface area contributed by atoms with Crippen molar-refractivity contribution in [1.29, 1.82) is 0 Å². The molecule has 1 unspecified atom stereocenters. The number of thioether (sulfide) groups is 1. The third-order valence-corrected chi connectivity index (χ3v) is 6.47. The average molecular weight is 306 g/mol. The second-order valence-corrected chi connectivity index (χ2v) is 7.61. The first-order valence-electron chi connectivity index (χ1n) is 7.41. The van der Waals surface area contributed by atoms with Gasteiger partial charge < -0.3 is 4.74 Å². The van der Waals surface area contributed by atoms with Gasteiger partial charge in [0.25, 0.3) is 0 Å². The van der Waals surface area contributed by atoms with Crippen LogP contribution in [0.5, 0.6) is 0 Å². The van der Waals surface area contributed by atoms with Crippen molar-refractivity contribution in [2.75, 3.05) is 12.4 Å². The van der Waals surface area contributed by atoms with Gasteiger partial charge in [-0.05, 0) is 44.1 Å². The first kappa shape index (κ1) is 13.0. The Bertz CT molecular complexity index is 620. The normalized spacial score (nSPS) is 22.3. The Labute approximate surface area is 127 Å². The Kier molecular flexibility index (Phi) is 3.67. The van der Waals surface area contributed by atoms with Crippen LogP contribution in [0.25, 0.3) is 10.2 Å². The first-order chi connectivity index (χ1) is 9.92. The van der Waals surface area contributed by atoms with Crippen LogP contribution in [0, 0.1) is 0 Å². The Balaban J connectivity index is 1.65. The predicted octanol–water partition coefficient (Wildman–Crippen LogP) is 3.84. The summed E-state index contributed by atoms with van der Waals surface area (Å²) in [5.41, 5.74) is 1.53. The maximum atomic E-state index is 5.72. The SMILES string of the molecule is c1nc(SCC2CCCO2)c2c3c(sc2n1)CCCC3. The molecule has 2 aromatic rings. The number of thiophene rings is 1. The third kappa shape index (κ3) is 2.36. The molecule has 0 N–H and O–H groups in total. The van der Waals surface area contributed by atoms with Crippen LogP contribution in [0.1, 0.15) is 36.1 Å². The van der Waals surface area contributed by atoms with E-state index in [1.807, 2.05) is 23.1 Å². The quantitative estimate of drug-likeness (QED) is 0.637. The molecule has 1 atom stereocenters. The van der Waals surface area contributed by atoms with Crippen molar-refractivity contribution >= 4 is 33.3 Å². The van der Waals surface area contributed by atoms with E-state index in [1.165, 1.54) is 59.3 Å². The number of hydrogen-bond donors (Lipinski definition) is 0. The maximum absolute atomic E-state index is 5.72. The lowest BCUT2D eigenvalue weighted by Crippen LogP contribution is -2.08. The highest BCUT2D eigenvalue weighted by Crippen LogP contribution is 2.39. The summed E-state index contributed by atoms with van der Waals surface area (Å²) in [4.78, 5) is 11.8. The summed E-state index contributed by atoms with van der Waals surface area (Å²) in [7, 11) is 0. The van der Waals surface area contributed by atoms with Crippen molar-refractivity contribution in [2.24, 2.45) is 0 Å². The van der Waals surface area contributed by atoms with Gasteiger partial charge in [0.2, 0.25) is 0 Å². The fourth-order valence-electron chi connectivity index (χ4n) is 3.12. The van der Waals surface area contributed by atoms with E-state index in [4.69, 9.17) is 4.74 Å². The van der Waals surface area contributed by atoms with Crippen LogP contribution in [0.3, 0.4) is 0 Å². The number of hydrogen-bond acceptors (Lipinski definition) is 5. The Morgan fingerprint density at radius 1 is 1.25 bits per heavy atom. The fraction of sp³-hybridized carbons (Fsp3) is 0.600. The number of fused-ring (bicyclic) bond motifs is 3. The molecule has 5 heteroatoms. The highest BCUT2D eigenvalue weighted by Gasteiger charge is 2.21. The van der Waals surface area contributed by atoms with Gasteiger partial charge in [-0.3, -0.25) is 0 Å². The minimum atomic E-state index is 0.416. The molecule has 0 saturated carbocycles. The highest BCUT2D eigenvalue weighted by atomic mass is 32.2. The van der Waals surface area contributed by atoms with E-state index in [9.17, 15) is 0 Å². The van der Waals surface area contributed by atoms with Crippen molar-refractivity contribution in [3.63, 3.8) is 0 Å². The zero-order chi connectivity index (χ0) is 13.4. The molecular formula is C15H18N2OS2. The molecule has 2 aliphatic rings. The summed E-state index contributed by atoms with van der Waals surface area (Å²) in [6.45, 7) is 0.929. The van der Waals surface area contributed by atoms with E-state index >= 15 is 0 Å². The van der Waals surface area contributed by atoms with Gasteiger partial charge in [-0.15, -0.1) is 23.1 Å². The average Bonchev–Trinajstić information content (AvgIpc) is 3.12. The second-order valence-electron chi connectivity index (χ2n) is 5.52. The molecule has 1 aliphatic carbocycles. The van der Waals surface area contributed by atoms with Crippen LogP contribution in [0.4, 0.5) is 0 Å². The molecule has 106 valence electrons. The first-order valence-corrected chi connectivity index (χ1v) is 9.21. The number of aryl methyl sites for hydroxylation is 2. The van der Waals surface area contributed by atoms with Gasteiger partial charge in [0, 0.05) is 22.6 Å². The molecule has 0 aromatic carbocycles. The number of nitrogens with zero attached hydrogens (tertiary/aromatic N) is 2. The predicted molar refractivity (Wildman–Crippen MR) is 83.8 cm³/mol. The van der Waals surface area contributed by atoms with Crippen molar-refractivity contribution in [2.45, 2.75) is 49.7 Å². The third-order valence-electron chi connectivity index (χ3n) is 4.15. The smallest absolute Gasteiger partial charge is 0.128 e. The van der Waals surface area contributed by atoms with Gasteiger partial charge in [-0.25, -0.2) is 9.97 Å². The van der Waals surface area contributed by atoms with E-state index in [-0.39, 0.29) is 0 Å². The summed E-state index contributed by atoms with van der Waals surface area (Å²) < 4.78 is 5.72. The molecule has 1 fully saturated rings. The maximum Gasteiger partial charge on any atom is 0.128 e. The van der Waals surface area contributed by atoms with Crippen molar-refractivity contribution in [3.8, 4) is 0 Å². The summed E-state index contributed by atoms with van der Waals surface area (Å²) in [6, 6.07) is 0. The van der Waals surface area contributed by atoms with Crippen LogP contribution in [-0.2, 0) is 17.6 Å². The van der Waals surface area contributed by atoms with Gasteiger partial charge in [0.1, 0.15) is 16.2 Å². The van der Waals surface area contributed by atoms with Crippen LogP contribution < -0.4 is 0 Å². The molecule has 0 bridgehead atoms. The number of aromatic nitrogens is 2. The summed E-state index contributed by atoms with van der Waals surface area (Å²) in [5, 5.41) is 2.51. The van der Waals surface area contributed by atoms with Crippen LogP contribution in [0.2, 0.25) is 0 Å². The minimum absolute atomic E-state index is 0.416. The van der Waals surface area contributed by atoms with Gasteiger partial charge >= 0.3 is 0 Å². The van der Waals surface area contributed by atoms with Crippen molar-refractivity contribution in [1.82, 2.24) is 9.97 Å². The molecule has 1 saturated heterocycles. The minimum Gasteiger partial charge on any atom is -0.377 e. The fourth-order valence-corrected chi connectivity index (χ4v) is 5.50. The summed E-state index contributed by atoms with van der Waals surface area (Å²) in [6.07, 6.45) is 9.61. The van der Waals surface area contributed by atoms with Crippen LogP contribution >= 0.6 is 23.1 Å². The van der Waals surface area contributed by atoms with E-state index < -0.39 is 0 Å². The molecule has 0 amide bonds. The van der Waals surface area contributed by atoms with Crippen molar-refractivity contribution in [3.05, 3.63) is 16.8 Å². The molecule has 20 heavy (non-hydrogen) atoms. The zero-order valence-corrected chi connectivity index (χ0v) is 13.1. The van der Waals surface area contributed by atoms with Gasteiger partial charge in [-0.1, -0.05) is 0 Å². The topological polar surface area (TPSA) is 35.0 Å². The largest absolute Gasteiger partial charge is 0.377 e. The van der Waals surface area contributed by atoms with E-state index in [0.29, 0.717) is 6.10 Å². The molecule has 2 aromatic heterocycles. The number of rotatable bonds is 3. The van der Waals surface area contributed by atoms with Crippen LogP contribution in [0.15, 0.2) is 11.4 Å². The lowest BCUT2D eigenvalue weighted by atomic mass is 9.97. The van der Waals surface area contributed by atoms with Crippen LogP contribution in [-0.4, -0.2) is 28.4 Å².